The van der Waals surface area contributed by atoms with E-state index in [4.69, 9.17) is 0 Å². The molecular weight excluding hydrogens is 521 g/mol. The maximum absolute atomic E-state index is 12.3. The van der Waals surface area contributed by atoms with E-state index in [0.717, 1.165) is 63.7 Å². The van der Waals surface area contributed by atoms with Gasteiger partial charge in [0.2, 0.25) is 5.91 Å². The first-order chi connectivity index (χ1) is 14.6. The summed E-state index contributed by atoms with van der Waals surface area (Å²) in [6.45, 7) is 5.04. The number of thioether (sulfide) groups is 1. The minimum atomic E-state index is 0. The van der Waals surface area contributed by atoms with Crippen molar-refractivity contribution >= 4 is 47.6 Å². The van der Waals surface area contributed by atoms with Crippen LogP contribution in [0.4, 0.5) is 0 Å². The fraction of sp³-hybridized carbons (Fsp3) is 0.652. The molecule has 0 radical (unpaired) electrons. The van der Waals surface area contributed by atoms with Crippen LogP contribution in [0.5, 0.6) is 0 Å². The molecule has 1 aromatic carbocycles. The van der Waals surface area contributed by atoms with Crippen molar-refractivity contribution in [3.05, 3.63) is 30.3 Å². The topological polar surface area (TPSA) is 51.2 Å². The summed E-state index contributed by atoms with van der Waals surface area (Å²) in [5, 5.41) is 3.54. The first-order valence-corrected chi connectivity index (χ1v) is 12.2. The van der Waals surface area contributed by atoms with Gasteiger partial charge in [-0.2, -0.15) is 0 Å². The van der Waals surface area contributed by atoms with Gasteiger partial charge in [0.15, 0.2) is 5.96 Å². The van der Waals surface area contributed by atoms with Crippen LogP contribution in [-0.2, 0) is 4.79 Å². The number of likely N-dealkylation sites (tertiary alicyclic amines) is 2. The Morgan fingerprint density at radius 1 is 1.23 bits per heavy atom. The van der Waals surface area contributed by atoms with E-state index in [-0.39, 0.29) is 35.9 Å². The average Bonchev–Trinajstić information content (AvgIpc) is 3.42. The van der Waals surface area contributed by atoms with Gasteiger partial charge in [-0.15, -0.1) is 35.7 Å². The van der Waals surface area contributed by atoms with Crippen LogP contribution in [-0.4, -0.2) is 92.2 Å². The van der Waals surface area contributed by atoms with Crippen LogP contribution < -0.4 is 5.32 Å². The van der Waals surface area contributed by atoms with E-state index >= 15 is 0 Å². The quantitative estimate of drug-likeness (QED) is 0.174. The molecule has 3 rings (SSSR count). The van der Waals surface area contributed by atoms with Gasteiger partial charge in [-0.25, -0.2) is 0 Å². The highest BCUT2D eigenvalue weighted by Crippen LogP contribution is 2.26. The first kappa shape index (κ1) is 26.3. The van der Waals surface area contributed by atoms with Crippen molar-refractivity contribution in [3.63, 3.8) is 0 Å². The van der Waals surface area contributed by atoms with E-state index < -0.39 is 0 Å². The van der Waals surface area contributed by atoms with Crippen molar-refractivity contribution in [1.82, 2.24) is 20.0 Å². The van der Waals surface area contributed by atoms with Gasteiger partial charge in [0.05, 0.1) is 6.04 Å². The fourth-order valence-corrected chi connectivity index (χ4v) is 5.43. The monoisotopic (exact) mass is 559 g/mol. The number of benzene rings is 1. The summed E-state index contributed by atoms with van der Waals surface area (Å²) in [4.78, 5) is 24.7. The second kappa shape index (κ2) is 13.5. The van der Waals surface area contributed by atoms with Crippen LogP contribution in [0.2, 0.25) is 0 Å². The van der Waals surface area contributed by atoms with E-state index in [1.54, 1.807) is 4.90 Å². The Bertz CT molecular complexity index is 702. The Labute approximate surface area is 209 Å². The molecule has 1 N–H and O–H groups in total. The third-order valence-electron chi connectivity index (χ3n) is 6.02. The molecule has 2 heterocycles. The molecule has 2 atom stereocenters. The van der Waals surface area contributed by atoms with Gasteiger partial charge in [-0.05, 0) is 50.3 Å². The van der Waals surface area contributed by atoms with Gasteiger partial charge in [-0.1, -0.05) is 18.2 Å². The van der Waals surface area contributed by atoms with E-state index in [9.17, 15) is 4.79 Å². The van der Waals surface area contributed by atoms with Gasteiger partial charge in [0.25, 0.3) is 0 Å². The molecule has 31 heavy (non-hydrogen) atoms. The molecule has 2 saturated heterocycles. The smallest absolute Gasteiger partial charge is 0.239 e. The molecule has 6 nitrogen and oxygen atoms in total. The van der Waals surface area contributed by atoms with Crippen LogP contribution >= 0.6 is 35.7 Å². The summed E-state index contributed by atoms with van der Waals surface area (Å²) in [5.74, 6) is 3.13. The molecule has 2 aliphatic rings. The summed E-state index contributed by atoms with van der Waals surface area (Å²) < 4.78 is 0. The molecular formula is C23H38IN5OS. The maximum Gasteiger partial charge on any atom is 0.239 e. The number of halogens is 1. The van der Waals surface area contributed by atoms with Crippen molar-refractivity contribution in [2.75, 3.05) is 59.6 Å². The Morgan fingerprint density at radius 3 is 2.71 bits per heavy atom. The Balaban J connectivity index is 0.00000341. The number of amides is 1. The fourth-order valence-electron chi connectivity index (χ4n) is 4.38. The van der Waals surface area contributed by atoms with Crippen LogP contribution in [0.15, 0.2) is 40.2 Å². The van der Waals surface area contributed by atoms with Gasteiger partial charge in [0, 0.05) is 58.0 Å². The van der Waals surface area contributed by atoms with Crippen molar-refractivity contribution < 1.29 is 4.79 Å². The Morgan fingerprint density at radius 2 is 2.00 bits per heavy atom. The third kappa shape index (κ3) is 7.82. The SMILES string of the molecule is CN=C(NCCCN1CCCC1C(=O)N(C)C)N1CCC(CSc2ccccc2)C1.I. The van der Waals surface area contributed by atoms with Gasteiger partial charge >= 0.3 is 0 Å². The molecule has 174 valence electrons. The van der Waals surface area contributed by atoms with E-state index in [1.165, 1.54) is 11.3 Å². The lowest BCUT2D eigenvalue weighted by Crippen LogP contribution is -2.44. The van der Waals surface area contributed by atoms with Crippen LogP contribution in [0.1, 0.15) is 25.7 Å². The standard InChI is InChI=1S/C23H37N5OS.HI/c1-24-23(25-13-8-15-27-14-7-11-21(27)22(29)26(2)3)28-16-12-19(17-28)18-30-20-9-5-4-6-10-20;/h4-6,9-10,19,21H,7-8,11-18H2,1-3H3,(H,24,25);1H. The second-order valence-corrected chi connectivity index (χ2v) is 9.57. The highest BCUT2D eigenvalue weighted by molar-refractivity contribution is 14.0. The summed E-state index contributed by atoms with van der Waals surface area (Å²) >= 11 is 1.96. The molecule has 0 aliphatic carbocycles. The number of likely N-dealkylation sites (N-methyl/N-ethyl adjacent to an activating group) is 1. The first-order valence-electron chi connectivity index (χ1n) is 11.2. The number of rotatable bonds is 8. The predicted molar refractivity (Wildman–Crippen MR) is 142 cm³/mol. The van der Waals surface area contributed by atoms with Crippen LogP contribution in [0.25, 0.3) is 0 Å². The normalized spacial score (nSPS) is 21.8. The average molecular weight is 560 g/mol. The largest absolute Gasteiger partial charge is 0.356 e. The second-order valence-electron chi connectivity index (χ2n) is 8.48. The Kier molecular flexibility index (Phi) is 11.5. The van der Waals surface area contributed by atoms with Crippen LogP contribution in [0.3, 0.4) is 0 Å². The lowest BCUT2D eigenvalue weighted by atomic mass is 10.2. The highest BCUT2D eigenvalue weighted by Gasteiger charge is 2.31. The molecule has 2 aliphatic heterocycles. The molecule has 0 bridgehead atoms. The lowest BCUT2D eigenvalue weighted by Gasteiger charge is -2.26. The molecule has 2 fully saturated rings. The van der Waals surface area contributed by atoms with Crippen molar-refractivity contribution in [1.29, 1.82) is 0 Å². The number of hydrogen-bond acceptors (Lipinski definition) is 4. The number of nitrogens with one attached hydrogen (secondary N) is 1. The third-order valence-corrected chi connectivity index (χ3v) is 7.26. The zero-order chi connectivity index (χ0) is 21.3. The number of aliphatic imine (C=N–C) groups is 1. The van der Waals surface area contributed by atoms with Crippen LogP contribution in [0, 0.1) is 5.92 Å². The number of hydrogen-bond donors (Lipinski definition) is 1. The molecule has 0 spiro atoms. The van der Waals surface area contributed by atoms with E-state index in [1.807, 2.05) is 32.9 Å². The Hall–Kier alpha value is -1.000. The van der Waals surface area contributed by atoms with Gasteiger partial charge < -0.3 is 15.1 Å². The summed E-state index contributed by atoms with van der Waals surface area (Å²) in [5.41, 5.74) is 0. The van der Waals surface area contributed by atoms with Crippen molar-refractivity contribution in [2.45, 2.75) is 36.6 Å². The summed E-state index contributed by atoms with van der Waals surface area (Å²) in [6.07, 6.45) is 4.36. The lowest BCUT2D eigenvalue weighted by molar-refractivity contribution is -0.133. The van der Waals surface area contributed by atoms with Crippen molar-refractivity contribution in [2.24, 2.45) is 10.9 Å². The predicted octanol–water partition coefficient (Wildman–Crippen LogP) is 3.24. The molecule has 1 aromatic rings. The number of carbonyl (C=O) groups is 1. The minimum absolute atomic E-state index is 0. The molecule has 2 unspecified atom stereocenters. The van der Waals surface area contributed by atoms with E-state index in [2.05, 4.69) is 50.4 Å². The molecule has 0 saturated carbocycles. The number of guanidine groups is 1. The summed E-state index contributed by atoms with van der Waals surface area (Å²) in [6, 6.07) is 10.7. The number of carbonyl (C=O) groups excluding carboxylic acids is 1. The zero-order valence-electron chi connectivity index (χ0n) is 19.1. The minimum Gasteiger partial charge on any atom is -0.356 e. The summed E-state index contributed by atoms with van der Waals surface area (Å²) in [7, 11) is 5.58. The zero-order valence-corrected chi connectivity index (χ0v) is 22.3. The van der Waals surface area contributed by atoms with Gasteiger partial charge in [0.1, 0.15) is 0 Å². The van der Waals surface area contributed by atoms with Crippen molar-refractivity contribution in [3.8, 4) is 0 Å². The maximum atomic E-state index is 12.3. The molecule has 8 heteroatoms. The molecule has 1 amide bonds. The van der Waals surface area contributed by atoms with Gasteiger partial charge in [-0.3, -0.25) is 14.7 Å². The number of nitrogens with zero attached hydrogens (tertiary/aromatic N) is 4. The molecule has 0 aromatic heterocycles. The van der Waals surface area contributed by atoms with E-state index in [0.29, 0.717) is 5.92 Å². The highest BCUT2D eigenvalue weighted by atomic mass is 127.